The molecule has 0 spiro atoms. The Morgan fingerprint density at radius 3 is 1.80 bits per heavy atom. The van der Waals surface area contributed by atoms with E-state index >= 15 is 0 Å². The average Bonchev–Trinajstić information content (AvgIpc) is 2.15. The molecule has 0 aromatic heterocycles. The molecule has 0 amide bonds. The molecule has 0 saturated carbocycles. The summed E-state index contributed by atoms with van der Waals surface area (Å²) in [7, 11) is 2.17. The van der Waals surface area contributed by atoms with Crippen LogP contribution in [-0.2, 0) is 4.79 Å². The molecule has 1 fully saturated rings. The monoisotopic (exact) mass is 338 g/mol. The summed E-state index contributed by atoms with van der Waals surface area (Å²) in [6.07, 6.45) is 2.83. The molecule has 1 saturated heterocycles. The van der Waals surface area contributed by atoms with E-state index in [-0.39, 0.29) is 3.49 Å². The van der Waals surface area contributed by atoms with Crippen LogP contribution in [0.2, 0.25) is 0 Å². The van der Waals surface area contributed by atoms with Gasteiger partial charge in [0, 0.05) is 0 Å². The quantitative estimate of drug-likeness (QED) is 0.651. The van der Waals surface area contributed by atoms with Gasteiger partial charge in [-0.05, 0) is 33.0 Å². The third-order valence-electron chi connectivity index (χ3n) is 1.33. The summed E-state index contributed by atoms with van der Waals surface area (Å²) in [5, 5.41) is 0. The van der Waals surface area contributed by atoms with E-state index in [9.17, 15) is 4.79 Å². The Bertz CT molecular complexity index is 95.8. The van der Waals surface area contributed by atoms with Crippen LogP contribution >= 0.6 is 0 Å². The molecule has 0 atom stereocenters. The molecular formula is C7H14AtNO. The minimum atomic E-state index is 0.222. The van der Waals surface area contributed by atoms with Crippen molar-refractivity contribution in [1.29, 1.82) is 0 Å². The molecule has 0 aromatic carbocycles. The first-order valence-corrected chi connectivity index (χ1v) is 4.94. The Morgan fingerprint density at radius 2 is 1.70 bits per heavy atom. The van der Waals surface area contributed by atoms with Gasteiger partial charge in [0.25, 0.3) is 0 Å². The first kappa shape index (κ1) is 10.5. The van der Waals surface area contributed by atoms with Gasteiger partial charge in [0.05, 0.1) is 0 Å². The van der Waals surface area contributed by atoms with E-state index in [2.05, 4.69) is 11.9 Å². The fourth-order valence-corrected chi connectivity index (χ4v) is 0.875. The van der Waals surface area contributed by atoms with Crippen LogP contribution < -0.4 is 0 Å². The fraction of sp³-hybridized carbons (Fsp3) is 0.857. The smallest absolute Gasteiger partial charge is 0.00213 e. The van der Waals surface area contributed by atoms with E-state index in [1.54, 1.807) is 6.92 Å². The molecule has 0 aliphatic carbocycles. The summed E-state index contributed by atoms with van der Waals surface area (Å²) in [5.74, 6) is 0. The van der Waals surface area contributed by atoms with Gasteiger partial charge in [-0.3, -0.25) is 0 Å². The zero-order valence-electron chi connectivity index (χ0n) is 6.56. The molecule has 3 heteroatoms. The molecule has 0 bridgehead atoms. The first-order valence-electron chi connectivity index (χ1n) is 3.47. The first-order chi connectivity index (χ1) is 4.63. The van der Waals surface area contributed by atoms with Gasteiger partial charge >= 0.3 is 39.9 Å². The molecule has 0 unspecified atom stereocenters. The molecular weight excluding hydrogens is 324 g/mol. The average molecular weight is 338 g/mol. The molecule has 0 aromatic rings. The van der Waals surface area contributed by atoms with E-state index in [1.807, 2.05) is 0 Å². The summed E-state index contributed by atoms with van der Waals surface area (Å²) in [6.45, 7) is 4.19. The van der Waals surface area contributed by atoms with E-state index in [0.29, 0.717) is 0 Å². The minimum Gasteiger partial charge on any atom is -0.306 e. The standard InChI is InChI=1S/C5H11N.C2H3AtO/c1-6-4-2-3-5-6;1-2(3)4/h2-5H2,1H3;1H3. The number of carbonyl (C=O) groups excluding carboxylic acids is 1. The van der Waals surface area contributed by atoms with Gasteiger partial charge < -0.3 is 4.90 Å². The van der Waals surface area contributed by atoms with Crippen molar-refractivity contribution in [1.82, 2.24) is 4.90 Å². The predicted octanol–water partition coefficient (Wildman–Crippen LogP) is 0.794. The Hall–Kier alpha value is 0.513. The summed E-state index contributed by atoms with van der Waals surface area (Å²) >= 11 is 1.20. The van der Waals surface area contributed by atoms with Crippen molar-refractivity contribution >= 4 is 3.49 Å². The minimum absolute atomic E-state index is 0.222. The fourth-order valence-electron chi connectivity index (χ4n) is 0.875. The molecule has 1 heterocycles. The summed E-state index contributed by atoms with van der Waals surface area (Å²) in [4.78, 5) is 11.8. The van der Waals surface area contributed by atoms with E-state index < -0.39 is 0 Å². The van der Waals surface area contributed by atoms with E-state index in [1.165, 1.54) is 50.7 Å². The zero-order chi connectivity index (χ0) is 7.98. The second-order valence-corrected chi connectivity index (χ2v) is 4.55. The maximum absolute atomic E-state index is 9.47. The van der Waals surface area contributed by atoms with E-state index in [0.717, 1.165) is 0 Å². The Morgan fingerprint density at radius 1 is 1.40 bits per heavy atom. The number of carbonyl (C=O) groups is 1. The van der Waals surface area contributed by atoms with Crippen LogP contribution in [0.3, 0.4) is 0 Å². The van der Waals surface area contributed by atoms with Gasteiger partial charge in [-0.15, -0.1) is 0 Å². The summed E-state index contributed by atoms with van der Waals surface area (Å²) in [6, 6.07) is 0. The maximum Gasteiger partial charge on any atom is -0.00213 e. The third kappa shape index (κ3) is 8.51. The molecule has 60 valence electrons. The number of likely N-dealkylation sites (tertiary alicyclic amines) is 1. The van der Waals surface area contributed by atoms with Crippen LogP contribution in [0.15, 0.2) is 0 Å². The topological polar surface area (TPSA) is 20.3 Å². The molecule has 1 aliphatic rings. The predicted molar refractivity (Wildman–Crippen MR) is 37.4 cm³/mol. The van der Waals surface area contributed by atoms with E-state index in [4.69, 9.17) is 0 Å². The van der Waals surface area contributed by atoms with Crippen LogP contribution in [0.5, 0.6) is 0 Å². The zero-order valence-corrected chi connectivity index (χ0v) is 9.50. The van der Waals surface area contributed by atoms with Crippen LogP contribution in [0.1, 0.15) is 19.8 Å². The molecule has 2 nitrogen and oxygen atoms in total. The van der Waals surface area contributed by atoms with Gasteiger partial charge in [-0.1, -0.05) is 0 Å². The molecule has 0 radical (unpaired) electrons. The summed E-state index contributed by atoms with van der Waals surface area (Å²) < 4.78 is 0.222. The van der Waals surface area contributed by atoms with Crippen LogP contribution in [-0.4, -0.2) is 28.5 Å². The maximum atomic E-state index is 9.47. The normalized spacial score (nSPS) is 17.9. The van der Waals surface area contributed by atoms with Crippen molar-refractivity contribution in [2.24, 2.45) is 0 Å². The largest absolute Gasteiger partial charge is 0.306 e. The molecule has 0 N–H and O–H groups in total. The Kier molecular flexibility index (Phi) is 6.56. The van der Waals surface area contributed by atoms with Crippen LogP contribution in [0.4, 0.5) is 0 Å². The number of hydrogen-bond acceptors (Lipinski definition) is 2. The number of rotatable bonds is 0. The van der Waals surface area contributed by atoms with Gasteiger partial charge in [-0.2, -0.15) is 0 Å². The van der Waals surface area contributed by atoms with Crippen molar-refractivity contribution in [2.75, 3.05) is 20.1 Å². The van der Waals surface area contributed by atoms with Gasteiger partial charge in [0.2, 0.25) is 0 Å². The second-order valence-electron chi connectivity index (χ2n) is 2.48. The van der Waals surface area contributed by atoms with Crippen molar-refractivity contribution < 1.29 is 29.5 Å². The van der Waals surface area contributed by atoms with Gasteiger partial charge in [0.1, 0.15) is 0 Å². The van der Waals surface area contributed by atoms with Crippen LogP contribution in [0, 0.1) is 24.7 Å². The Balaban J connectivity index is 0.000000180. The van der Waals surface area contributed by atoms with Crippen LogP contribution in [0.25, 0.3) is 0 Å². The third-order valence-corrected chi connectivity index (χ3v) is 1.33. The van der Waals surface area contributed by atoms with Crippen molar-refractivity contribution in [3.8, 4) is 0 Å². The molecule has 1 rings (SSSR count). The summed E-state index contributed by atoms with van der Waals surface area (Å²) in [5.41, 5.74) is 0. The van der Waals surface area contributed by atoms with Gasteiger partial charge in [-0.25, -0.2) is 0 Å². The number of hydrogen-bond donors (Lipinski definition) is 0. The SMILES string of the molecule is CC(=O)[At].CN1CCCC1. The van der Waals surface area contributed by atoms with Gasteiger partial charge in [0.15, 0.2) is 0 Å². The Labute approximate surface area is 77.8 Å². The molecule has 10 heavy (non-hydrogen) atoms. The number of nitrogens with zero attached hydrogens (tertiary/aromatic N) is 1. The van der Waals surface area contributed by atoms with Crippen molar-refractivity contribution in [3.05, 3.63) is 0 Å². The molecule has 1 aliphatic heterocycles. The van der Waals surface area contributed by atoms with Crippen molar-refractivity contribution in [3.63, 3.8) is 0 Å². The van der Waals surface area contributed by atoms with Crippen molar-refractivity contribution in [2.45, 2.75) is 19.8 Å². The second kappa shape index (κ2) is 6.24.